The lowest BCUT2D eigenvalue weighted by molar-refractivity contribution is 0.197. The molecule has 1 unspecified atom stereocenters. The molecule has 1 saturated heterocycles. The highest BCUT2D eigenvalue weighted by Crippen LogP contribution is 2.24. The van der Waals surface area contributed by atoms with E-state index in [-0.39, 0.29) is 11.2 Å². The molecule has 1 aliphatic heterocycles. The topological polar surface area (TPSA) is 86.8 Å². The van der Waals surface area contributed by atoms with E-state index < -0.39 is 0 Å². The molecule has 3 heterocycles. The third-order valence-corrected chi connectivity index (χ3v) is 4.26. The molecule has 2 N–H and O–H groups in total. The van der Waals surface area contributed by atoms with Gasteiger partial charge in [0.15, 0.2) is 0 Å². The molecule has 0 saturated carbocycles. The van der Waals surface area contributed by atoms with Gasteiger partial charge in [-0.2, -0.15) is 5.10 Å². The number of aryl methyl sites for hydroxylation is 1. The van der Waals surface area contributed by atoms with Gasteiger partial charge in [-0.25, -0.2) is 4.79 Å². The van der Waals surface area contributed by atoms with Crippen LogP contribution in [0.2, 0.25) is 0 Å². The molecular formula is C15H21N5O2. The molecule has 2 aromatic rings. The SMILES string of the molecule is Cc1cc(=O)n(CCN2CCCC(c3ccn[nH]3)C2)c(=O)[nH]1. The minimum Gasteiger partial charge on any atom is -0.311 e. The van der Waals surface area contributed by atoms with Gasteiger partial charge in [-0.05, 0) is 32.4 Å². The Kier molecular flexibility index (Phi) is 4.24. The van der Waals surface area contributed by atoms with Gasteiger partial charge in [-0.3, -0.25) is 14.5 Å². The summed E-state index contributed by atoms with van der Waals surface area (Å²) in [5.74, 6) is 0.448. The zero-order chi connectivity index (χ0) is 15.5. The molecule has 0 aliphatic carbocycles. The number of hydrogen-bond donors (Lipinski definition) is 2. The van der Waals surface area contributed by atoms with Gasteiger partial charge in [0.05, 0.1) is 0 Å². The van der Waals surface area contributed by atoms with Crippen molar-refractivity contribution < 1.29 is 0 Å². The van der Waals surface area contributed by atoms with Gasteiger partial charge >= 0.3 is 5.69 Å². The van der Waals surface area contributed by atoms with Crippen molar-refractivity contribution in [2.24, 2.45) is 0 Å². The quantitative estimate of drug-likeness (QED) is 0.858. The molecule has 2 aromatic heterocycles. The first-order valence-corrected chi connectivity index (χ1v) is 7.66. The molecule has 3 rings (SSSR count). The maximum atomic E-state index is 11.9. The van der Waals surface area contributed by atoms with E-state index in [0.29, 0.717) is 24.7 Å². The summed E-state index contributed by atoms with van der Waals surface area (Å²) in [6.07, 6.45) is 4.03. The van der Waals surface area contributed by atoms with Gasteiger partial charge in [-0.1, -0.05) is 0 Å². The molecule has 7 heteroatoms. The normalized spacial score (nSPS) is 19.4. The van der Waals surface area contributed by atoms with Crippen LogP contribution in [0.15, 0.2) is 27.9 Å². The smallest absolute Gasteiger partial charge is 0.311 e. The Balaban J connectivity index is 1.64. The zero-order valence-electron chi connectivity index (χ0n) is 12.7. The van der Waals surface area contributed by atoms with Gasteiger partial charge in [0.1, 0.15) is 0 Å². The van der Waals surface area contributed by atoms with E-state index in [9.17, 15) is 9.59 Å². The summed E-state index contributed by atoms with van der Waals surface area (Å²) in [5, 5.41) is 7.05. The molecular weight excluding hydrogens is 282 g/mol. The number of aromatic amines is 2. The van der Waals surface area contributed by atoms with Crippen molar-refractivity contribution in [1.82, 2.24) is 24.6 Å². The molecule has 7 nitrogen and oxygen atoms in total. The minimum atomic E-state index is -0.327. The van der Waals surface area contributed by atoms with Crippen molar-refractivity contribution in [2.45, 2.75) is 32.2 Å². The van der Waals surface area contributed by atoms with Crippen molar-refractivity contribution in [2.75, 3.05) is 19.6 Å². The van der Waals surface area contributed by atoms with Crippen molar-refractivity contribution in [1.29, 1.82) is 0 Å². The molecule has 22 heavy (non-hydrogen) atoms. The number of aromatic nitrogens is 4. The lowest BCUT2D eigenvalue weighted by Gasteiger charge is -2.32. The van der Waals surface area contributed by atoms with Gasteiger partial charge in [-0.15, -0.1) is 0 Å². The Bertz CT molecular complexity index is 700. The van der Waals surface area contributed by atoms with Crippen molar-refractivity contribution in [3.8, 4) is 0 Å². The van der Waals surface area contributed by atoms with E-state index in [1.165, 1.54) is 10.6 Å². The third kappa shape index (κ3) is 3.19. The Morgan fingerprint density at radius 3 is 2.95 bits per heavy atom. The lowest BCUT2D eigenvalue weighted by atomic mass is 9.95. The van der Waals surface area contributed by atoms with Gasteiger partial charge in [0.2, 0.25) is 0 Å². The highest BCUT2D eigenvalue weighted by atomic mass is 16.2. The van der Waals surface area contributed by atoms with E-state index in [0.717, 1.165) is 31.6 Å². The maximum Gasteiger partial charge on any atom is 0.328 e. The first-order valence-electron chi connectivity index (χ1n) is 7.66. The molecule has 1 atom stereocenters. The Morgan fingerprint density at radius 2 is 2.23 bits per heavy atom. The van der Waals surface area contributed by atoms with E-state index in [1.807, 2.05) is 6.07 Å². The number of nitrogens with zero attached hydrogens (tertiary/aromatic N) is 3. The van der Waals surface area contributed by atoms with Gasteiger partial charge in [0, 0.05) is 49.2 Å². The second-order valence-electron chi connectivity index (χ2n) is 5.90. The fourth-order valence-corrected chi connectivity index (χ4v) is 3.10. The van der Waals surface area contributed by atoms with Crippen molar-refractivity contribution in [3.05, 3.63) is 50.6 Å². The van der Waals surface area contributed by atoms with Crippen molar-refractivity contribution >= 4 is 0 Å². The average molecular weight is 303 g/mol. The summed E-state index contributed by atoms with van der Waals surface area (Å²) in [4.78, 5) is 28.7. The first-order chi connectivity index (χ1) is 10.6. The largest absolute Gasteiger partial charge is 0.328 e. The standard InChI is InChI=1S/C15H21N5O2/c1-11-9-14(21)20(15(22)17-11)8-7-19-6-2-3-12(10-19)13-4-5-16-18-13/h4-5,9,12H,2-3,6-8,10H2,1H3,(H,16,18)(H,17,22). The Hall–Kier alpha value is -2.15. The molecule has 0 aromatic carbocycles. The molecule has 1 fully saturated rings. The van der Waals surface area contributed by atoms with E-state index in [4.69, 9.17) is 0 Å². The average Bonchev–Trinajstić information content (AvgIpc) is 3.00. The molecule has 0 amide bonds. The van der Waals surface area contributed by atoms with Gasteiger partial charge in [0.25, 0.3) is 5.56 Å². The minimum absolute atomic E-state index is 0.233. The van der Waals surface area contributed by atoms with Crippen LogP contribution < -0.4 is 11.2 Å². The van der Waals surface area contributed by atoms with Crippen LogP contribution in [0.4, 0.5) is 0 Å². The summed E-state index contributed by atoms with van der Waals surface area (Å²) < 4.78 is 1.27. The molecule has 0 radical (unpaired) electrons. The summed E-state index contributed by atoms with van der Waals surface area (Å²) in [6, 6.07) is 3.48. The third-order valence-electron chi connectivity index (χ3n) is 4.26. The number of hydrogen-bond acceptors (Lipinski definition) is 4. The van der Waals surface area contributed by atoms with Crippen LogP contribution in [0, 0.1) is 6.92 Å². The highest BCUT2D eigenvalue weighted by molar-refractivity contribution is 5.07. The van der Waals surface area contributed by atoms with Crippen LogP contribution in [0.3, 0.4) is 0 Å². The maximum absolute atomic E-state index is 11.9. The second-order valence-corrected chi connectivity index (χ2v) is 5.90. The number of likely N-dealkylation sites (tertiary alicyclic amines) is 1. The van der Waals surface area contributed by atoms with Crippen LogP contribution in [0.5, 0.6) is 0 Å². The molecule has 0 spiro atoms. The summed E-state index contributed by atoms with van der Waals surface area (Å²) >= 11 is 0. The van der Waals surface area contributed by atoms with Crippen LogP contribution in [0.1, 0.15) is 30.1 Å². The fraction of sp³-hybridized carbons (Fsp3) is 0.533. The summed E-state index contributed by atoms with van der Waals surface area (Å²) in [7, 11) is 0. The van der Waals surface area contributed by atoms with E-state index in [2.05, 4.69) is 20.1 Å². The molecule has 1 aliphatic rings. The number of rotatable bonds is 4. The first kappa shape index (κ1) is 14.8. The predicted molar refractivity (Wildman–Crippen MR) is 83.1 cm³/mol. The number of H-pyrrole nitrogens is 2. The van der Waals surface area contributed by atoms with Crippen LogP contribution in [-0.2, 0) is 6.54 Å². The number of piperidine rings is 1. The van der Waals surface area contributed by atoms with Crippen molar-refractivity contribution in [3.63, 3.8) is 0 Å². The molecule has 0 bridgehead atoms. The van der Waals surface area contributed by atoms with Crippen LogP contribution >= 0.6 is 0 Å². The summed E-state index contributed by atoms with van der Waals surface area (Å²) in [6.45, 7) is 4.78. The van der Waals surface area contributed by atoms with Crippen LogP contribution in [0.25, 0.3) is 0 Å². The second kappa shape index (κ2) is 6.31. The summed E-state index contributed by atoms with van der Waals surface area (Å²) in [5.41, 5.74) is 1.20. The zero-order valence-corrected chi connectivity index (χ0v) is 12.7. The Morgan fingerprint density at radius 1 is 1.36 bits per heavy atom. The van der Waals surface area contributed by atoms with Gasteiger partial charge < -0.3 is 9.88 Å². The Labute approximate surface area is 128 Å². The van der Waals surface area contributed by atoms with E-state index in [1.54, 1.807) is 13.1 Å². The fourth-order valence-electron chi connectivity index (χ4n) is 3.10. The van der Waals surface area contributed by atoms with E-state index >= 15 is 0 Å². The lowest BCUT2D eigenvalue weighted by Crippen LogP contribution is -2.41. The molecule has 118 valence electrons. The predicted octanol–water partition coefficient (Wildman–Crippen LogP) is 0.448. The monoisotopic (exact) mass is 303 g/mol. The van der Waals surface area contributed by atoms with Crippen LogP contribution in [-0.4, -0.2) is 44.3 Å². The highest BCUT2D eigenvalue weighted by Gasteiger charge is 2.22. The number of nitrogens with one attached hydrogen (secondary N) is 2.